The van der Waals surface area contributed by atoms with Crippen molar-refractivity contribution in [3.8, 4) is 0 Å². The standard InChI is InChI=1S/C16H34N4O2/c1-13(2)15(21)11-19-9-7-17-5-6-18-8-10-20-12-16(22)14-3-4-14/h14-22H,1,3-12H2,2H3. The summed E-state index contributed by atoms with van der Waals surface area (Å²) in [5.74, 6) is 0.551. The van der Waals surface area contributed by atoms with Crippen LogP contribution in [0.1, 0.15) is 19.8 Å². The Kier molecular flexibility index (Phi) is 10.7. The maximum Gasteiger partial charge on any atom is 0.0869 e. The van der Waals surface area contributed by atoms with Gasteiger partial charge in [-0.3, -0.25) is 0 Å². The number of hydrogen-bond donors (Lipinski definition) is 6. The average molecular weight is 314 g/mol. The summed E-state index contributed by atoms with van der Waals surface area (Å²) in [4.78, 5) is 0. The van der Waals surface area contributed by atoms with Gasteiger partial charge in [-0.25, -0.2) is 0 Å². The van der Waals surface area contributed by atoms with Crippen LogP contribution in [0.3, 0.4) is 0 Å². The molecule has 0 amide bonds. The first-order valence-corrected chi connectivity index (χ1v) is 8.45. The lowest BCUT2D eigenvalue weighted by Crippen LogP contribution is -2.37. The summed E-state index contributed by atoms with van der Waals surface area (Å²) in [6.45, 7) is 12.2. The number of aliphatic hydroxyl groups is 2. The van der Waals surface area contributed by atoms with Gasteiger partial charge in [-0.15, -0.1) is 0 Å². The number of rotatable bonds is 15. The second-order valence-electron chi connectivity index (χ2n) is 6.18. The highest BCUT2D eigenvalue weighted by Crippen LogP contribution is 2.32. The van der Waals surface area contributed by atoms with Crippen molar-refractivity contribution in [1.29, 1.82) is 0 Å². The van der Waals surface area contributed by atoms with Gasteiger partial charge in [0.2, 0.25) is 0 Å². The Labute approximate surface area is 134 Å². The van der Waals surface area contributed by atoms with Crippen LogP contribution in [0.4, 0.5) is 0 Å². The van der Waals surface area contributed by atoms with Crippen molar-refractivity contribution < 1.29 is 10.2 Å². The molecular weight excluding hydrogens is 280 g/mol. The summed E-state index contributed by atoms with van der Waals surface area (Å²) in [5, 5.41) is 32.3. The number of hydrogen-bond acceptors (Lipinski definition) is 6. The summed E-state index contributed by atoms with van der Waals surface area (Å²) >= 11 is 0. The predicted molar refractivity (Wildman–Crippen MR) is 91.0 cm³/mol. The van der Waals surface area contributed by atoms with Gasteiger partial charge in [-0.1, -0.05) is 12.2 Å². The molecule has 1 saturated carbocycles. The average Bonchev–Trinajstić information content (AvgIpc) is 3.32. The first kappa shape index (κ1) is 19.5. The van der Waals surface area contributed by atoms with E-state index in [9.17, 15) is 10.2 Å². The van der Waals surface area contributed by atoms with Crippen molar-refractivity contribution >= 4 is 0 Å². The lowest BCUT2D eigenvalue weighted by molar-refractivity contribution is 0.149. The van der Waals surface area contributed by atoms with Gasteiger partial charge in [-0.05, 0) is 25.7 Å². The van der Waals surface area contributed by atoms with Gasteiger partial charge in [0.1, 0.15) is 0 Å². The van der Waals surface area contributed by atoms with Crippen molar-refractivity contribution in [3.05, 3.63) is 12.2 Å². The van der Waals surface area contributed by atoms with Crippen molar-refractivity contribution in [2.75, 3.05) is 52.4 Å². The lowest BCUT2D eigenvalue weighted by Gasteiger charge is -2.12. The highest BCUT2D eigenvalue weighted by molar-refractivity contribution is 4.97. The molecule has 0 spiro atoms. The number of nitrogens with one attached hydrogen (secondary N) is 4. The monoisotopic (exact) mass is 314 g/mol. The maximum absolute atomic E-state index is 9.68. The zero-order chi connectivity index (χ0) is 16.2. The van der Waals surface area contributed by atoms with E-state index in [1.54, 1.807) is 0 Å². The fourth-order valence-corrected chi connectivity index (χ4v) is 2.09. The molecule has 0 aromatic carbocycles. The van der Waals surface area contributed by atoms with Crippen molar-refractivity contribution in [2.24, 2.45) is 5.92 Å². The van der Waals surface area contributed by atoms with Gasteiger partial charge in [0.25, 0.3) is 0 Å². The Morgan fingerprint density at radius 2 is 1.36 bits per heavy atom. The van der Waals surface area contributed by atoms with Crippen molar-refractivity contribution in [2.45, 2.75) is 32.0 Å². The molecule has 0 aromatic rings. The summed E-state index contributed by atoms with van der Waals surface area (Å²) in [5.41, 5.74) is 0.794. The van der Waals surface area contributed by atoms with Crippen LogP contribution < -0.4 is 21.3 Å². The van der Waals surface area contributed by atoms with Crippen LogP contribution in [0.2, 0.25) is 0 Å². The molecule has 2 atom stereocenters. The molecule has 0 radical (unpaired) electrons. The molecule has 0 aromatic heterocycles. The Morgan fingerprint density at radius 1 is 0.909 bits per heavy atom. The molecule has 22 heavy (non-hydrogen) atoms. The Morgan fingerprint density at radius 3 is 1.82 bits per heavy atom. The first-order valence-electron chi connectivity index (χ1n) is 8.45. The van der Waals surface area contributed by atoms with E-state index in [-0.39, 0.29) is 6.10 Å². The predicted octanol–water partition coefficient (Wildman–Crippen LogP) is -0.947. The molecule has 0 saturated heterocycles. The van der Waals surface area contributed by atoms with E-state index < -0.39 is 6.10 Å². The van der Waals surface area contributed by atoms with Crippen LogP contribution in [0.15, 0.2) is 12.2 Å². The van der Waals surface area contributed by atoms with E-state index in [4.69, 9.17) is 0 Å². The summed E-state index contributed by atoms with van der Waals surface area (Å²) in [6.07, 6.45) is 1.77. The topological polar surface area (TPSA) is 88.6 Å². The van der Waals surface area contributed by atoms with Crippen LogP contribution in [0, 0.1) is 5.92 Å². The SMILES string of the molecule is C=C(C)C(O)CNCCNCCNCCNCC(O)C1CC1. The molecule has 1 rings (SSSR count). The maximum atomic E-state index is 9.68. The van der Waals surface area contributed by atoms with Gasteiger partial charge in [0.15, 0.2) is 0 Å². The third-order valence-electron chi connectivity index (χ3n) is 3.86. The van der Waals surface area contributed by atoms with E-state index in [1.165, 1.54) is 12.8 Å². The number of aliphatic hydroxyl groups excluding tert-OH is 2. The molecule has 6 N–H and O–H groups in total. The fraction of sp³-hybridized carbons (Fsp3) is 0.875. The highest BCUT2D eigenvalue weighted by Gasteiger charge is 2.28. The van der Waals surface area contributed by atoms with Crippen LogP contribution >= 0.6 is 0 Å². The third-order valence-corrected chi connectivity index (χ3v) is 3.86. The first-order chi connectivity index (χ1) is 10.6. The highest BCUT2D eigenvalue weighted by atomic mass is 16.3. The van der Waals surface area contributed by atoms with E-state index in [2.05, 4.69) is 27.8 Å². The molecule has 1 fully saturated rings. The van der Waals surface area contributed by atoms with E-state index in [1.807, 2.05) is 6.92 Å². The van der Waals surface area contributed by atoms with Crippen LogP contribution in [0.5, 0.6) is 0 Å². The minimum Gasteiger partial charge on any atom is -0.392 e. The Balaban J connectivity index is 1.71. The minimum absolute atomic E-state index is 0.155. The van der Waals surface area contributed by atoms with Gasteiger partial charge >= 0.3 is 0 Å². The summed E-state index contributed by atoms with van der Waals surface area (Å²) in [6, 6.07) is 0. The van der Waals surface area contributed by atoms with Crippen molar-refractivity contribution in [1.82, 2.24) is 21.3 Å². The quantitative estimate of drug-likeness (QED) is 0.173. The van der Waals surface area contributed by atoms with Gasteiger partial charge in [0, 0.05) is 52.4 Å². The van der Waals surface area contributed by atoms with Gasteiger partial charge in [0.05, 0.1) is 12.2 Å². The van der Waals surface area contributed by atoms with Gasteiger partial charge < -0.3 is 31.5 Å². The second kappa shape index (κ2) is 12.0. The Hall–Kier alpha value is -0.500. The third kappa shape index (κ3) is 10.3. The fourth-order valence-electron chi connectivity index (χ4n) is 2.09. The molecule has 0 heterocycles. The molecular formula is C16H34N4O2. The zero-order valence-electron chi connectivity index (χ0n) is 13.9. The molecule has 0 aliphatic heterocycles. The smallest absolute Gasteiger partial charge is 0.0869 e. The summed E-state index contributed by atoms with van der Waals surface area (Å²) < 4.78 is 0. The molecule has 0 bridgehead atoms. The van der Waals surface area contributed by atoms with E-state index >= 15 is 0 Å². The van der Waals surface area contributed by atoms with Crippen LogP contribution in [0.25, 0.3) is 0 Å². The normalized spacial score (nSPS) is 17.4. The molecule has 1 aliphatic rings. The zero-order valence-corrected chi connectivity index (χ0v) is 13.9. The van der Waals surface area contributed by atoms with Crippen LogP contribution in [-0.2, 0) is 0 Å². The van der Waals surface area contributed by atoms with Crippen molar-refractivity contribution in [3.63, 3.8) is 0 Å². The largest absolute Gasteiger partial charge is 0.392 e. The Bertz CT molecular complexity index is 298. The lowest BCUT2D eigenvalue weighted by atomic mass is 10.2. The minimum atomic E-state index is -0.451. The van der Waals surface area contributed by atoms with E-state index in [0.717, 1.165) is 44.8 Å². The molecule has 130 valence electrons. The second-order valence-corrected chi connectivity index (χ2v) is 6.18. The van der Waals surface area contributed by atoms with E-state index in [0.29, 0.717) is 19.0 Å². The molecule has 6 nitrogen and oxygen atoms in total. The van der Waals surface area contributed by atoms with Crippen LogP contribution in [-0.4, -0.2) is 74.8 Å². The molecule has 2 unspecified atom stereocenters. The summed E-state index contributed by atoms with van der Waals surface area (Å²) in [7, 11) is 0. The van der Waals surface area contributed by atoms with Gasteiger partial charge in [-0.2, -0.15) is 0 Å². The molecule has 1 aliphatic carbocycles. The molecule has 6 heteroatoms.